The number of rotatable bonds is 44. The number of carbonyl (C=O) groups excluding carboxylic acids is 8. The molecule has 0 aromatic heterocycles. The van der Waals surface area contributed by atoms with Gasteiger partial charge in [-0.15, -0.1) is 0 Å². The second-order valence-corrected chi connectivity index (χ2v) is 20.4. The summed E-state index contributed by atoms with van der Waals surface area (Å²) >= 11 is 0. The molecule has 4 unspecified atom stereocenters. The van der Waals surface area contributed by atoms with Crippen LogP contribution in [0.1, 0.15) is 263 Å². The van der Waals surface area contributed by atoms with Crippen LogP contribution in [0.2, 0.25) is 0 Å². The molecule has 0 spiro atoms. The minimum absolute atomic E-state index is 0. The van der Waals surface area contributed by atoms with Gasteiger partial charge in [-0.3, -0.25) is 0 Å². The fraction of sp³-hybridized carbons (Fsp3) is 0.750. The third kappa shape index (κ3) is 53.3. The van der Waals surface area contributed by atoms with Gasteiger partial charge >= 0.3 is 47.8 Å². The number of carboxylic acids is 4. The molecule has 0 bridgehead atoms. The van der Waals surface area contributed by atoms with Crippen molar-refractivity contribution in [2.45, 2.75) is 263 Å². The fourth-order valence-corrected chi connectivity index (χ4v) is 8.00. The number of unbranched alkanes of at least 4 members (excludes halogenated alkanes) is 8. The zero-order chi connectivity index (χ0) is 61.5. The number of carbonyl (C=O) groups is 8. The predicted molar refractivity (Wildman–Crippen MR) is 313 cm³/mol. The van der Waals surface area contributed by atoms with Gasteiger partial charge in [0, 0.05) is 22.3 Å². The molecule has 0 rings (SSSR count). The molecule has 81 heavy (non-hydrogen) atoms. The van der Waals surface area contributed by atoms with Crippen LogP contribution in [-0.2, 0) is 57.3 Å². The maximum Gasteiger partial charge on any atom is 4.00 e. The smallest absolute Gasteiger partial charge is 0.545 e. The Kier molecular flexibility index (Phi) is 63.3. The summed E-state index contributed by atoms with van der Waals surface area (Å²) < 4.78 is 20.4. The number of esters is 4. The van der Waals surface area contributed by atoms with E-state index in [4.69, 9.17) is 18.9 Å². The normalized spacial score (nSPS) is 12.9. The van der Waals surface area contributed by atoms with Crippen LogP contribution in [0.25, 0.3) is 0 Å². The molecule has 0 aliphatic carbocycles. The van der Waals surface area contributed by atoms with Crippen molar-refractivity contribution in [2.75, 3.05) is 26.4 Å². The van der Waals surface area contributed by atoms with Crippen LogP contribution in [0.4, 0.5) is 0 Å². The van der Waals surface area contributed by atoms with Gasteiger partial charge in [0.15, 0.2) is 0 Å². The van der Waals surface area contributed by atoms with Gasteiger partial charge in [-0.1, -0.05) is 212 Å². The molecule has 0 fully saturated rings. The van der Waals surface area contributed by atoms with E-state index < -0.39 is 47.8 Å². The summed E-state index contributed by atoms with van der Waals surface area (Å²) in [7, 11) is 0. The largest absolute Gasteiger partial charge is 4.00 e. The number of carboxylic acid groups (broad SMARTS) is 4. The van der Waals surface area contributed by atoms with Crippen molar-refractivity contribution < 1.29 is 77.7 Å². The number of hydrogen-bond acceptors (Lipinski definition) is 16. The minimum atomic E-state index is -1.34. The van der Waals surface area contributed by atoms with Gasteiger partial charge in [0.05, 0.1) is 50.3 Å². The third-order valence-corrected chi connectivity index (χ3v) is 13.3. The second-order valence-electron chi connectivity index (χ2n) is 20.4. The van der Waals surface area contributed by atoms with Gasteiger partial charge in [-0.05, 0) is 99.3 Å². The predicted octanol–water partition coefficient (Wildman–Crippen LogP) is 10.1. The molecule has 0 heterocycles. The number of ether oxygens (including phenoxy) is 4. The number of hydrogen-bond donors (Lipinski definition) is 0. The first-order valence-electron chi connectivity index (χ1n) is 30.5. The number of aliphatic carboxylic acids is 4. The summed E-state index contributed by atoms with van der Waals surface area (Å²) in [6.07, 6.45) is 28.7. The molecule has 464 valence electrons. The molecule has 16 nitrogen and oxygen atoms in total. The van der Waals surface area contributed by atoms with Crippen LogP contribution in [0, 0.1) is 23.7 Å². The molecule has 0 aliphatic rings. The van der Waals surface area contributed by atoms with E-state index in [0.717, 1.165) is 178 Å². The fourth-order valence-electron chi connectivity index (χ4n) is 8.00. The van der Waals surface area contributed by atoms with Crippen LogP contribution in [-0.4, -0.2) is 98.1 Å². The van der Waals surface area contributed by atoms with Gasteiger partial charge in [0.25, 0.3) is 0 Å². The van der Waals surface area contributed by atoms with E-state index in [0.29, 0.717) is 75.8 Å². The topological polar surface area (TPSA) is 266 Å². The Bertz CT molecular complexity index is 1550. The van der Waals surface area contributed by atoms with Crippen molar-refractivity contribution >= 4 is 71.7 Å². The van der Waals surface area contributed by atoms with Crippen molar-refractivity contribution in [2.24, 2.45) is 23.7 Å². The Labute approximate surface area is 506 Å². The maximum absolute atomic E-state index is 11.9. The molecule has 0 aliphatic heterocycles. The van der Waals surface area contributed by atoms with Crippen LogP contribution in [0.15, 0.2) is 46.6 Å². The Morgan fingerprint density at radius 3 is 0.580 bits per heavy atom. The van der Waals surface area contributed by atoms with Crippen molar-refractivity contribution in [1.82, 2.24) is 0 Å². The zero-order valence-electron chi connectivity index (χ0n) is 52.3. The van der Waals surface area contributed by atoms with Gasteiger partial charge in [-0.2, -0.15) is 0 Å². The van der Waals surface area contributed by atoms with Crippen LogP contribution in [0.5, 0.6) is 0 Å². The maximum atomic E-state index is 11.9. The van der Waals surface area contributed by atoms with Gasteiger partial charge < -0.3 is 58.6 Å². The van der Waals surface area contributed by atoms with Crippen molar-refractivity contribution in [3.8, 4) is 0 Å². The molecule has 0 aromatic rings. The Morgan fingerprint density at radius 2 is 0.457 bits per heavy atom. The second kappa shape index (κ2) is 60.1. The first kappa shape index (κ1) is 85.3. The first-order chi connectivity index (χ1) is 38.2. The van der Waals surface area contributed by atoms with E-state index in [1.54, 1.807) is 0 Å². The van der Waals surface area contributed by atoms with E-state index in [9.17, 15) is 58.8 Å². The molecule has 0 saturated carbocycles. The SMILES string of the molecule is CCCCOC(=O)/C(=C\C(=O)[O-])CC(CC)CCCC.CCCCOC(=O)/C(=C\C(=O)[O-])CC(CC)CCCC.CCCCOC(=O)/C(=C\C(=O)[O-])CC(CC)CCCC.CCCCOC(=O)/C(=C\C(=O)[O-])CC(CC)CCCC.[Sn+4]. The van der Waals surface area contributed by atoms with Crippen LogP contribution in [0.3, 0.4) is 0 Å². The molecule has 0 N–H and O–H groups in total. The summed E-state index contributed by atoms with van der Waals surface area (Å²) in [5.74, 6) is -6.13. The van der Waals surface area contributed by atoms with E-state index in [1.807, 2.05) is 27.7 Å². The summed E-state index contributed by atoms with van der Waals surface area (Å²) in [6, 6.07) is 0. The quantitative estimate of drug-likeness (QED) is 0.0180. The van der Waals surface area contributed by atoms with Crippen molar-refractivity contribution in [1.29, 1.82) is 0 Å². The van der Waals surface area contributed by atoms with Crippen LogP contribution >= 0.6 is 0 Å². The summed E-state index contributed by atoms with van der Waals surface area (Å²) in [6.45, 7) is 26.0. The average Bonchev–Trinajstić information content (AvgIpc) is 3.42. The molecule has 4 atom stereocenters. The van der Waals surface area contributed by atoms with E-state index in [-0.39, 0.29) is 46.2 Å². The Hall–Kier alpha value is -4.48. The van der Waals surface area contributed by atoms with Crippen LogP contribution < -0.4 is 20.4 Å². The van der Waals surface area contributed by atoms with Gasteiger partial charge in [0.1, 0.15) is 0 Å². The van der Waals surface area contributed by atoms with E-state index in [2.05, 4.69) is 55.4 Å². The average molecular weight is 1250 g/mol. The molecule has 0 amide bonds. The molecule has 17 heteroatoms. The minimum Gasteiger partial charge on any atom is -0.545 e. The third-order valence-electron chi connectivity index (χ3n) is 13.3. The zero-order valence-corrected chi connectivity index (χ0v) is 55.1. The first-order valence-corrected chi connectivity index (χ1v) is 30.5. The Balaban J connectivity index is -0.000000316. The van der Waals surface area contributed by atoms with Crippen molar-refractivity contribution in [3.63, 3.8) is 0 Å². The van der Waals surface area contributed by atoms with Gasteiger partial charge in [-0.25, -0.2) is 19.2 Å². The van der Waals surface area contributed by atoms with Crippen molar-refractivity contribution in [3.05, 3.63) is 46.6 Å². The van der Waals surface area contributed by atoms with E-state index in [1.165, 1.54) is 0 Å². The monoisotopic (exact) mass is 1250 g/mol. The summed E-state index contributed by atoms with van der Waals surface area (Å²) in [5, 5.41) is 42.9. The molecule has 0 radical (unpaired) electrons. The molecular formula is C64H108O16Sn. The summed E-state index contributed by atoms with van der Waals surface area (Å²) in [4.78, 5) is 90.5. The molecular weight excluding hydrogens is 1140 g/mol. The molecule has 0 saturated heterocycles. The Morgan fingerprint density at radius 1 is 0.296 bits per heavy atom. The van der Waals surface area contributed by atoms with Gasteiger partial charge in [0.2, 0.25) is 0 Å². The summed E-state index contributed by atoms with van der Waals surface area (Å²) in [5.41, 5.74) is 0.904. The standard InChI is InChI=1S/4C16H28O4.Sn/c4*1-4-7-9-13(6-3)11-14(12-15(17)18)16(19)20-10-8-5-2;/h4*12-13H,4-11H2,1-3H3,(H,17,18);/q;;;;+4/p-4/b4*14-12-;. The van der Waals surface area contributed by atoms with E-state index >= 15 is 0 Å². The molecule has 0 aromatic carbocycles.